The number of pyridine rings is 1. The van der Waals surface area contributed by atoms with Crippen molar-refractivity contribution in [1.29, 1.82) is 0 Å². The van der Waals surface area contributed by atoms with Gasteiger partial charge in [-0.2, -0.15) is 10.2 Å². The molecular formula is C20H19N5O2. The molecule has 0 radical (unpaired) electrons. The van der Waals surface area contributed by atoms with E-state index in [9.17, 15) is 9.59 Å². The highest BCUT2D eigenvalue weighted by Gasteiger charge is 2.21. The van der Waals surface area contributed by atoms with Gasteiger partial charge in [0.1, 0.15) is 5.69 Å². The van der Waals surface area contributed by atoms with Gasteiger partial charge < -0.3 is 5.32 Å². The maximum atomic E-state index is 12.5. The lowest BCUT2D eigenvalue weighted by molar-refractivity contribution is -0.131. The van der Waals surface area contributed by atoms with Crippen molar-refractivity contribution in [3.05, 3.63) is 72.1 Å². The first-order valence-corrected chi connectivity index (χ1v) is 8.86. The van der Waals surface area contributed by atoms with Gasteiger partial charge in [-0.25, -0.2) is 9.52 Å². The average Bonchev–Trinajstić information content (AvgIpc) is 3.19. The van der Waals surface area contributed by atoms with Crippen molar-refractivity contribution in [2.24, 2.45) is 5.10 Å². The Morgan fingerprint density at radius 2 is 1.89 bits per heavy atom. The van der Waals surface area contributed by atoms with Crippen LogP contribution in [0.15, 0.2) is 65.9 Å². The molecule has 1 aliphatic heterocycles. The molecule has 1 aromatic carbocycles. The molecule has 136 valence electrons. The third kappa shape index (κ3) is 3.57. The van der Waals surface area contributed by atoms with Crippen LogP contribution >= 0.6 is 0 Å². The Labute approximate surface area is 156 Å². The van der Waals surface area contributed by atoms with Crippen molar-refractivity contribution in [2.75, 3.05) is 13.1 Å². The second-order valence-corrected chi connectivity index (χ2v) is 6.26. The van der Waals surface area contributed by atoms with Crippen molar-refractivity contribution in [2.45, 2.75) is 12.8 Å². The zero-order valence-corrected chi connectivity index (χ0v) is 14.7. The standard InChI is InChI=1S/C20H19N5O2/c26-19-10-9-17(15-5-2-1-3-6-15)23-24(19)14-13-21-20(27)18-8-4-7-16-11-12-22-25(16)18/h1-8,11-12H,9-10,13-14H2,(H,21,27). The molecule has 3 heterocycles. The first-order valence-electron chi connectivity index (χ1n) is 8.86. The van der Waals surface area contributed by atoms with Crippen LogP contribution in [0.2, 0.25) is 0 Å². The molecule has 0 atom stereocenters. The minimum Gasteiger partial charge on any atom is -0.349 e. The molecule has 1 N–H and O–H groups in total. The first-order chi connectivity index (χ1) is 13.2. The van der Waals surface area contributed by atoms with Crippen LogP contribution in [0.25, 0.3) is 5.52 Å². The summed E-state index contributed by atoms with van der Waals surface area (Å²) < 4.78 is 1.59. The fourth-order valence-electron chi connectivity index (χ4n) is 3.10. The largest absolute Gasteiger partial charge is 0.349 e. The van der Waals surface area contributed by atoms with Gasteiger partial charge in [0.15, 0.2) is 0 Å². The van der Waals surface area contributed by atoms with E-state index in [2.05, 4.69) is 15.5 Å². The third-order valence-corrected chi connectivity index (χ3v) is 4.48. The van der Waals surface area contributed by atoms with Crippen LogP contribution in [0, 0.1) is 0 Å². The van der Waals surface area contributed by atoms with Gasteiger partial charge in [-0.15, -0.1) is 0 Å². The van der Waals surface area contributed by atoms with Crippen molar-refractivity contribution >= 4 is 23.0 Å². The molecule has 7 heteroatoms. The molecular weight excluding hydrogens is 342 g/mol. The quantitative estimate of drug-likeness (QED) is 0.756. The highest BCUT2D eigenvalue weighted by Crippen LogP contribution is 2.14. The van der Waals surface area contributed by atoms with Crippen LogP contribution in [0.4, 0.5) is 0 Å². The number of aromatic nitrogens is 2. The van der Waals surface area contributed by atoms with Gasteiger partial charge in [0.2, 0.25) is 5.91 Å². The third-order valence-electron chi connectivity index (χ3n) is 4.48. The molecule has 7 nitrogen and oxygen atoms in total. The first kappa shape index (κ1) is 17.0. The number of hydrogen-bond acceptors (Lipinski definition) is 4. The minimum atomic E-state index is -0.235. The van der Waals surface area contributed by atoms with E-state index < -0.39 is 0 Å². The topological polar surface area (TPSA) is 79.1 Å². The van der Waals surface area contributed by atoms with E-state index >= 15 is 0 Å². The average molecular weight is 361 g/mol. The number of amides is 2. The summed E-state index contributed by atoms with van der Waals surface area (Å²) in [4.78, 5) is 24.6. The van der Waals surface area contributed by atoms with E-state index in [1.54, 1.807) is 16.8 Å². The van der Waals surface area contributed by atoms with E-state index in [1.165, 1.54) is 5.01 Å². The monoisotopic (exact) mass is 361 g/mol. The molecule has 0 spiro atoms. The molecule has 1 aliphatic rings. The lowest BCUT2D eigenvalue weighted by Crippen LogP contribution is -2.38. The normalized spacial score (nSPS) is 14.3. The molecule has 3 aromatic rings. The van der Waals surface area contributed by atoms with Gasteiger partial charge in [0.25, 0.3) is 5.91 Å². The summed E-state index contributed by atoms with van der Waals surface area (Å²) in [6.45, 7) is 0.643. The summed E-state index contributed by atoms with van der Waals surface area (Å²) in [5, 5.41) is 12.9. The Morgan fingerprint density at radius 1 is 1.04 bits per heavy atom. The van der Waals surface area contributed by atoms with Crippen LogP contribution in [0.5, 0.6) is 0 Å². The zero-order chi connectivity index (χ0) is 18.6. The summed E-state index contributed by atoms with van der Waals surface area (Å²) >= 11 is 0. The van der Waals surface area contributed by atoms with Crippen molar-refractivity contribution in [1.82, 2.24) is 19.9 Å². The van der Waals surface area contributed by atoms with Crippen LogP contribution in [-0.4, -0.2) is 45.2 Å². The fourth-order valence-corrected chi connectivity index (χ4v) is 3.10. The van der Waals surface area contributed by atoms with Crippen molar-refractivity contribution < 1.29 is 9.59 Å². The lowest BCUT2D eigenvalue weighted by atomic mass is 10.0. The van der Waals surface area contributed by atoms with Crippen molar-refractivity contribution in [3.63, 3.8) is 0 Å². The number of hydrogen-bond donors (Lipinski definition) is 1. The zero-order valence-electron chi connectivity index (χ0n) is 14.7. The summed E-state index contributed by atoms with van der Waals surface area (Å²) in [7, 11) is 0. The van der Waals surface area contributed by atoms with Gasteiger partial charge in [0, 0.05) is 19.4 Å². The van der Waals surface area contributed by atoms with Crippen LogP contribution < -0.4 is 5.32 Å². The Balaban J connectivity index is 1.41. The number of carbonyl (C=O) groups excluding carboxylic acids is 2. The molecule has 0 saturated heterocycles. The number of carbonyl (C=O) groups is 2. The smallest absolute Gasteiger partial charge is 0.270 e. The molecule has 0 aliphatic carbocycles. The lowest BCUT2D eigenvalue weighted by Gasteiger charge is -2.23. The summed E-state index contributed by atoms with van der Waals surface area (Å²) in [5.41, 5.74) is 3.22. The van der Waals surface area contributed by atoms with Gasteiger partial charge >= 0.3 is 0 Å². The Bertz CT molecular complexity index is 1010. The predicted molar refractivity (Wildman–Crippen MR) is 101 cm³/mol. The Morgan fingerprint density at radius 3 is 2.74 bits per heavy atom. The van der Waals surface area contributed by atoms with E-state index in [0.29, 0.717) is 31.6 Å². The SMILES string of the molecule is O=C(NCCN1N=C(c2ccccc2)CCC1=O)c1cccc2ccnn12. The highest BCUT2D eigenvalue weighted by molar-refractivity contribution is 6.04. The van der Waals surface area contributed by atoms with Crippen LogP contribution in [0.3, 0.4) is 0 Å². The number of fused-ring (bicyclic) bond motifs is 1. The fraction of sp³-hybridized carbons (Fsp3) is 0.200. The van der Waals surface area contributed by atoms with E-state index in [-0.39, 0.29) is 11.8 Å². The molecule has 0 fully saturated rings. The second kappa shape index (κ2) is 7.41. The summed E-state index contributed by atoms with van der Waals surface area (Å²) in [5.74, 6) is -0.265. The maximum absolute atomic E-state index is 12.5. The van der Waals surface area contributed by atoms with Gasteiger partial charge in [0.05, 0.1) is 24.0 Å². The van der Waals surface area contributed by atoms with Crippen LogP contribution in [0.1, 0.15) is 28.9 Å². The van der Waals surface area contributed by atoms with Gasteiger partial charge in [-0.3, -0.25) is 9.59 Å². The molecule has 27 heavy (non-hydrogen) atoms. The Hall–Kier alpha value is -3.48. The van der Waals surface area contributed by atoms with Crippen LogP contribution in [-0.2, 0) is 4.79 Å². The van der Waals surface area contributed by atoms with Gasteiger partial charge in [-0.1, -0.05) is 36.4 Å². The number of hydrazone groups is 1. The molecule has 0 bridgehead atoms. The highest BCUT2D eigenvalue weighted by atomic mass is 16.2. The van der Waals surface area contributed by atoms with Gasteiger partial charge in [-0.05, 0) is 23.8 Å². The number of nitrogens with one attached hydrogen (secondary N) is 1. The number of rotatable bonds is 5. The summed E-state index contributed by atoms with van der Waals surface area (Å²) in [6, 6.07) is 17.1. The second-order valence-electron chi connectivity index (χ2n) is 6.26. The molecule has 0 unspecified atom stereocenters. The Kier molecular flexibility index (Phi) is 4.65. The number of nitrogens with zero attached hydrogens (tertiary/aromatic N) is 4. The van der Waals surface area contributed by atoms with E-state index in [0.717, 1.165) is 16.8 Å². The maximum Gasteiger partial charge on any atom is 0.270 e. The van der Waals surface area contributed by atoms with Crippen molar-refractivity contribution in [3.8, 4) is 0 Å². The minimum absolute atomic E-state index is 0.0295. The molecule has 0 saturated carbocycles. The molecule has 4 rings (SSSR count). The predicted octanol–water partition coefficient (Wildman–Crippen LogP) is 2.09. The van der Waals surface area contributed by atoms with E-state index in [4.69, 9.17) is 0 Å². The summed E-state index contributed by atoms with van der Waals surface area (Å²) in [6.07, 6.45) is 2.71. The molecule has 2 amide bonds. The molecule has 2 aromatic heterocycles. The number of benzene rings is 1. The van der Waals surface area contributed by atoms with E-state index in [1.807, 2.05) is 48.5 Å².